The van der Waals surface area contributed by atoms with E-state index >= 15 is 0 Å². The van der Waals surface area contributed by atoms with Crippen molar-refractivity contribution in [3.63, 3.8) is 0 Å². The third-order valence-corrected chi connectivity index (χ3v) is 3.34. The number of amides is 1. The van der Waals surface area contributed by atoms with Crippen LogP contribution in [0.25, 0.3) is 10.6 Å². The fraction of sp³-hybridized carbons (Fsp3) is 0. The number of carboxylic acid groups (broad SMARTS) is 1. The van der Waals surface area contributed by atoms with E-state index in [1.807, 2.05) is 17.5 Å². The average molecular weight is 254 g/mol. The van der Waals surface area contributed by atoms with Gasteiger partial charge in [-0.1, -0.05) is 6.07 Å². The Balaban J connectivity index is 2.14. The van der Waals surface area contributed by atoms with Gasteiger partial charge in [0, 0.05) is 5.38 Å². The minimum atomic E-state index is -1.52. The van der Waals surface area contributed by atoms with Gasteiger partial charge >= 0.3 is 11.9 Å². The van der Waals surface area contributed by atoms with Gasteiger partial charge in [0.2, 0.25) is 0 Å². The number of aromatic nitrogens is 1. The lowest BCUT2D eigenvalue weighted by Gasteiger charge is -1.94. The standard InChI is InChI=1S/C9H6N2O3S2/c12-7(8(13)14)11-9-10-5(4-16-9)6-2-1-3-15-6/h1-4H,(H,13,14)(H,10,11,12). The number of aliphatic carboxylic acids is 1. The van der Waals surface area contributed by atoms with E-state index in [0.717, 1.165) is 10.6 Å². The number of nitrogens with zero attached hydrogens (tertiary/aromatic N) is 1. The number of nitrogens with one attached hydrogen (secondary N) is 1. The highest BCUT2D eigenvalue weighted by atomic mass is 32.1. The molecule has 0 aliphatic heterocycles. The summed E-state index contributed by atoms with van der Waals surface area (Å²) in [5.74, 6) is -2.60. The molecule has 0 aliphatic rings. The summed E-state index contributed by atoms with van der Waals surface area (Å²) in [6.07, 6.45) is 0. The molecule has 2 heterocycles. The molecule has 2 aromatic rings. The summed E-state index contributed by atoms with van der Waals surface area (Å²) < 4.78 is 0. The molecule has 0 unspecified atom stereocenters. The van der Waals surface area contributed by atoms with E-state index in [9.17, 15) is 9.59 Å². The summed E-state index contributed by atoms with van der Waals surface area (Å²) in [4.78, 5) is 26.3. The molecule has 2 N–H and O–H groups in total. The van der Waals surface area contributed by atoms with E-state index in [2.05, 4.69) is 10.3 Å². The van der Waals surface area contributed by atoms with Gasteiger partial charge in [0.25, 0.3) is 0 Å². The van der Waals surface area contributed by atoms with Gasteiger partial charge in [-0.05, 0) is 11.4 Å². The summed E-state index contributed by atoms with van der Waals surface area (Å²) in [5, 5.41) is 14.6. The van der Waals surface area contributed by atoms with Crippen LogP contribution < -0.4 is 5.32 Å². The van der Waals surface area contributed by atoms with Crippen LogP contribution in [-0.2, 0) is 9.59 Å². The van der Waals surface area contributed by atoms with Crippen LogP contribution in [0.15, 0.2) is 22.9 Å². The van der Waals surface area contributed by atoms with Crippen molar-refractivity contribution in [3.05, 3.63) is 22.9 Å². The number of rotatable bonds is 2. The maximum absolute atomic E-state index is 10.9. The summed E-state index contributed by atoms with van der Waals surface area (Å²) >= 11 is 2.72. The minimum absolute atomic E-state index is 0.288. The highest BCUT2D eigenvalue weighted by molar-refractivity contribution is 7.16. The van der Waals surface area contributed by atoms with Gasteiger partial charge in [-0.15, -0.1) is 22.7 Å². The Morgan fingerprint density at radius 1 is 1.38 bits per heavy atom. The normalized spacial score (nSPS) is 10.0. The van der Waals surface area contributed by atoms with Crippen molar-refractivity contribution in [3.8, 4) is 10.6 Å². The quantitative estimate of drug-likeness (QED) is 0.802. The van der Waals surface area contributed by atoms with E-state index in [4.69, 9.17) is 5.11 Å². The predicted molar refractivity (Wildman–Crippen MR) is 61.7 cm³/mol. The van der Waals surface area contributed by atoms with Crippen LogP contribution in [0.3, 0.4) is 0 Å². The number of carboxylic acids is 1. The van der Waals surface area contributed by atoms with E-state index < -0.39 is 11.9 Å². The second-order valence-corrected chi connectivity index (χ2v) is 4.58. The second-order valence-electron chi connectivity index (χ2n) is 2.77. The summed E-state index contributed by atoms with van der Waals surface area (Å²) in [7, 11) is 0. The first-order chi connectivity index (χ1) is 7.66. The smallest absolute Gasteiger partial charge is 0.394 e. The van der Waals surface area contributed by atoms with Crippen molar-refractivity contribution in [1.29, 1.82) is 0 Å². The van der Waals surface area contributed by atoms with Crippen molar-refractivity contribution < 1.29 is 14.7 Å². The Bertz CT molecular complexity index is 519. The molecule has 5 nitrogen and oxygen atoms in total. The molecule has 1 amide bonds. The maximum Gasteiger partial charge on any atom is 0.394 e. The van der Waals surface area contributed by atoms with Crippen LogP contribution in [0.5, 0.6) is 0 Å². The van der Waals surface area contributed by atoms with Gasteiger partial charge in [0.05, 0.1) is 10.6 Å². The lowest BCUT2D eigenvalue weighted by atomic mass is 10.4. The molecule has 0 spiro atoms. The molecule has 2 aromatic heterocycles. The second kappa shape index (κ2) is 4.42. The number of anilines is 1. The zero-order valence-electron chi connectivity index (χ0n) is 7.84. The fourth-order valence-electron chi connectivity index (χ4n) is 1.02. The maximum atomic E-state index is 10.9. The molecule has 0 aromatic carbocycles. The largest absolute Gasteiger partial charge is 0.474 e. The summed E-state index contributed by atoms with van der Waals surface area (Å²) in [5.41, 5.74) is 0.737. The number of hydrogen-bond donors (Lipinski definition) is 2. The molecular formula is C9H6N2O3S2. The molecule has 0 atom stereocenters. The summed E-state index contributed by atoms with van der Waals surface area (Å²) in [6.45, 7) is 0. The van der Waals surface area contributed by atoms with Crippen LogP contribution in [0.1, 0.15) is 0 Å². The first kappa shape index (κ1) is 10.8. The Hall–Kier alpha value is -1.73. The highest BCUT2D eigenvalue weighted by Gasteiger charge is 2.13. The molecule has 0 radical (unpaired) electrons. The van der Waals surface area contributed by atoms with E-state index in [-0.39, 0.29) is 5.13 Å². The zero-order valence-corrected chi connectivity index (χ0v) is 9.47. The zero-order chi connectivity index (χ0) is 11.5. The highest BCUT2D eigenvalue weighted by Crippen LogP contribution is 2.28. The first-order valence-electron chi connectivity index (χ1n) is 4.20. The third kappa shape index (κ3) is 2.26. The molecule has 0 saturated carbocycles. The van der Waals surface area contributed by atoms with E-state index in [0.29, 0.717) is 0 Å². The van der Waals surface area contributed by atoms with Gasteiger partial charge in [0.15, 0.2) is 5.13 Å². The Kier molecular flexibility index (Phi) is 2.97. The topological polar surface area (TPSA) is 79.3 Å². The number of thiophene rings is 1. The van der Waals surface area contributed by atoms with Crippen LogP contribution >= 0.6 is 22.7 Å². The minimum Gasteiger partial charge on any atom is -0.474 e. The Morgan fingerprint density at radius 3 is 2.81 bits per heavy atom. The van der Waals surface area contributed by atoms with Gasteiger partial charge in [-0.3, -0.25) is 10.1 Å². The van der Waals surface area contributed by atoms with Crippen molar-refractivity contribution in [1.82, 2.24) is 4.98 Å². The Morgan fingerprint density at radius 2 is 2.19 bits per heavy atom. The molecule has 0 bridgehead atoms. The number of hydrogen-bond acceptors (Lipinski definition) is 5. The van der Waals surface area contributed by atoms with E-state index in [1.165, 1.54) is 22.7 Å². The third-order valence-electron chi connectivity index (χ3n) is 1.69. The first-order valence-corrected chi connectivity index (χ1v) is 5.96. The van der Waals surface area contributed by atoms with Crippen LogP contribution in [-0.4, -0.2) is 22.0 Å². The number of thiazole rings is 1. The predicted octanol–water partition coefficient (Wildman–Crippen LogP) is 1.89. The molecular weight excluding hydrogens is 248 g/mol. The molecule has 0 fully saturated rings. The molecule has 82 valence electrons. The van der Waals surface area contributed by atoms with Gasteiger partial charge in [-0.25, -0.2) is 9.78 Å². The fourth-order valence-corrected chi connectivity index (χ4v) is 2.49. The van der Waals surface area contributed by atoms with Crippen molar-refractivity contribution in [2.45, 2.75) is 0 Å². The van der Waals surface area contributed by atoms with E-state index in [1.54, 1.807) is 5.38 Å². The molecule has 7 heteroatoms. The Labute approximate surface area is 98.4 Å². The van der Waals surface area contributed by atoms with Gasteiger partial charge < -0.3 is 5.11 Å². The molecule has 0 saturated heterocycles. The molecule has 2 rings (SSSR count). The van der Waals surface area contributed by atoms with Crippen molar-refractivity contribution in [2.24, 2.45) is 0 Å². The van der Waals surface area contributed by atoms with Crippen LogP contribution in [0, 0.1) is 0 Å². The van der Waals surface area contributed by atoms with Crippen LogP contribution in [0.4, 0.5) is 5.13 Å². The van der Waals surface area contributed by atoms with Crippen molar-refractivity contribution in [2.75, 3.05) is 5.32 Å². The average Bonchev–Trinajstić information content (AvgIpc) is 2.85. The van der Waals surface area contributed by atoms with Gasteiger partial charge in [-0.2, -0.15) is 0 Å². The van der Waals surface area contributed by atoms with Crippen LogP contribution in [0.2, 0.25) is 0 Å². The number of carbonyl (C=O) groups excluding carboxylic acids is 1. The summed E-state index contributed by atoms with van der Waals surface area (Å²) in [6, 6.07) is 3.80. The molecule has 0 aliphatic carbocycles. The SMILES string of the molecule is O=C(O)C(=O)Nc1nc(-c2cccs2)cs1. The number of carbonyl (C=O) groups is 2. The lowest BCUT2D eigenvalue weighted by Crippen LogP contribution is -2.21. The lowest BCUT2D eigenvalue weighted by molar-refractivity contribution is -0.147. The molecule has 16 heavy (non-hydrogen) atoms. The monoisotopic (exact) mass is 254 g/mol. The van der Waals surface area contributed by atoms with Gasteiger partial charge in [0.1, 0.15) is 0 Å². The van der Waals surface area contributed by atoms with Crippen molar-refractivity contribution >= 4 is 39.7 Å².